The van der Waals surface area contributed by atoms with Crippen molar-refractivity contribution in [2.24, 2.45) is 0 Å². The van der Waals surface area contributed by atoms with Crippen molar-refractivity contribution in [3.8, 4) is 0 Å². The zero-order valence-electron chi connectivity index (χ0n) is 22.8. The first-order valence-corrected chi connectivity index (χ1v) is 13.2. The predicted molar refractivity (Wildman–Crippen MR) is 136 cm³/mol. The molecule has 37 heavy (non-hydrogen) atoms. The van der Waals surface area contributed by atoms with Crippen LogP contribution >= 0.6 is 0 Å². The second kappa shape index (κ2) is 19.3. The van der Waals surface area contributed by atoms with Gasteiger partial charge in [0.1, 0.15) is 5.82 Å². The van der Waals surface area contributed by atoms with Crippen LogP contribution in [-0.2, 0) is 38.1 Å². The maximum atomic E-state index is 12.2. The Hall–Kier alpha value is -2.86. The van der Waals surface area contributed by atoms with Crippen LogP contribution in [-0.4, -0.2) is 106 Å². The first-order valence-electron chi connectivity index (χ1n) is 13.2. The fourth-order valence-electron chi connectivity index (χ4n) is 3.73. The van der Waals surface area contributed by atoms with Crippen molar-refractivity contribution >= 4 is 23.9 Å². The summed E-state index contributed by atoms with van der Waals surface area (Å²) in [5.74, 6) is -1.53. The van der Waals surface area contributed by atoms with E-state index in [4.69, 9.17) is 18.9 Å². The van der Waals surface area contributed by atoms with Crippen molar-refractivity contribution in [1.82, 2.24) is 20.4 Å². The molecule has 2 fully saturated rings. The first-order chi connectivity index (χ1) is 17.9. The first kappa shape index (κ1) is 32.2. The fourth-order valence-corrected chi connectivity index (χ4v) is 3.73. The Balaban J connectivity index is 0.000000442. The zero-order chi connectivity index (χ0) is 27.5. The standard InChI is InChI=1S/C16H26N2O6.C9H18N2O2/c1-4-22-12(19)8-11-18-10-7-9-17-14(18)13(15(20)23-5-2)16(21)24-6-3;1-2-13-9(12)4-7-11-6-3-5-10-8-11/h17H,4-11H2,1-3H3;10H,2-8H2,1H3. The third-order valence-electron chi connectivity index (χ3n) is 5.40. The zero-order valence-corrected chi connectivity index (χ0v) is 22.8. The molecule has 0 spiro atoms. The quantitative estimate of drug-likeness (QED) is 0.122. The minimum atomic E-state index is -0.735. The summed E-state index contributed by atoms with van der Waals surface area (Å²) in [6.07, 6.45) is 2.67. The fraction of sp³-hybridized carbons (Fsp3) is 0.760. The number of esters is 4. The summed E-state index contributed by atoms with van der Waals surface area (Å²) in [4.78, 5) is 51.0. The Morgan fingerprint density at radius 3 is 1.78 bits per heavy atom. The summed E-state index contributed by atoms with van der Waals surface area (Å²) in [5, 5.41) is 6.32. The van der Waals surface area contributed by atoms with E-state index in [-0.39, 0.29) is 37.1 Å². The Bertz CT molecular complexity index is 733. The smallest absolute Gasteiger partial charge is 0.349 e. The Morgan fingerprint density at radius 2 is 1.27 bits per heavy atom. The molecule has 0 unspecified atom stereocenters. The Kier molecular flexibility index (Phi) is 16.8. The van der Waals surface area contributed by atoms with Crippen LogP contribution in [0.1, 0.15) is 53.4 Å². The molecule has 0 saturated carbocycles. The van der Waals surface area contributed by atoms with Crippen LogP contribution < -0.4 is 10.6 Å². The SMILES string of the molecule is CCOC(=O)CCN1CCCNC1.CCOC(=O)CCN1CCCNC1=C(C(=O)OCC)C(=O)OCC. The lowest BCUT2D eigenvalue weighted by Crippen LogP contribution is -2.43. The van der Waals surface area contributed by atoms with Gasteiger partial charge >= 0.3 is 23.9 Å². The number of ether oxygens (including phenoxy) is 4. The molecule has 0 aromatic heterocycles. The van der Waals surface area contributed by atoms with Crippen LogP contribution in [0.2, 0.25) is 0 Å². The minimum Gasteiger partial charge on any atom is -0.466 e. The summed E-state index contributed by atoms with van der Waals surface area (Å²) < 4.78 is 19.7. The van der Waals surface area contributed by atoms with E-state index in [2.05, 4.69) is 15.5 Å². The number of nitrogens with one attached hydrogen (secondary N) is 2. The molecule has 12 heteroatoms. The van der Waals surface area contributed by atoms with Crippen molar-refractivity contribution in [2.45, 2.75) is 53.4 Å². The molecule has 2 aliphatic heterocycles. The van der Waals surface area contributed by atoms with Gasteiger partial charge < -0.3 is 34.5 Å². The van der Waals surface area contributed by atoms with Crippen LogP contribution in [0.5, 0.6) is 0 Å². The number of hydrogen-bond acceptors (Lipinski definition) is 12. The summed E-state index contributed by atoms with van der Waals surface area (Å²) in [7, 11) is 0. The molecule has 0 atom stereocenters. The molecule has 0 aliphatic carbocycles. The molecular formula is C25H44N4O8. The maximum Gasteiger partial charge on any atom is 0.349 e. The molecule has 2 N–H and O–H groups in total. The van der Waals surface area contributed by atoms with E-state index in [1.54, 1.807) is 25.7 Å². The number of rotatable bonds is 12. The average Bonchev–Trinajstić information content (AvgIpc) is 2.89. The molecule has 2 heterocycles. The molecule has 0 aromatic carbocycles. The monoisotopic (exact) mass is 528 g/mol. The van der Waals surface area contributed by atoms with Crippen LogP contribution in [0.4, 0.5) is 0 Å². The highest BCUT2D eigenvalue weighted by molar-refractivity contribution is 6.14. The van der Waals surface area contributed by atoms with E-state index in [0.717, 1.165) is 32.7 Å². The van der Waals surface area contributed by atoms with Gasteiger partial charge in [0.15, 0.2) is 5.57 Å². The second-order valence-electron chi connectivity index (χ2n) is 8.17. The van der Waals surface area contributed by atoms with Gasteiger partial charge in [-0.25, -0.2) is 9.59 Å². The lowest BCUT2D eigenvalue weighted by atomic mass is 10.2. The third kappa shape index (κ3) is 12.8. The van der Waals surface area contributed by atoms with Crippen LogP contribution in [0, 0.1) is 0 Å². The van der Waals surface area contributed by atoms with E-state index in [9.17, 15) is 19.2 Å². The third-order valence-corrected chi connectivity index (χ3v) is 5.40. The predicted octanol–water partition coefficient (Wildman–Crippen LogP) is 0.765. The summed E-state index contributed by atoms with van der Waals surface area (Å²) >= 11 is 0. The molecule has 2 saturated heterocycles. The highest BCUT2D eigenvalue weighted by atomic mass is 16.6. The number of nitrogens with zero attached hydrogens (tertiary/aromatic N) is 2. The topological polar surface area (TPSA) is 136 Å². The Labute approximate surface area is 220 Å². The number of hydrogen-bond donors (Lipinski definition) is 2. The molecule has 2 rings (SSSR count). The molecule has 0 aromatic rings. The van der Waals surface area contributed by atoms with Gasteiger partial charge in [-0.3, -0.25) is 14.5 Å². The van der Waals surface area contributed by atoms with Gasteiger partial charge in [0.05, 0.1) is 39.3 Å². The number of carbonyl (C=O) groups excluding carboxylic acids is 4. The minimum absolute atomic E-state index is 0.0897. The Morgan fingerprint density at radius 1 is 0.730 bits per heavy atom. The van der Waals surface area contributed by atoms with Crippen molar-refractivity contribution in [2.75, 3.05) is 72.4 Å². The highest BCUT2D eigenvalue weighted by Crippen LogP contribution is 2.16. The van der Waals surface area contributed by atoms with Crippen LogP contribution in [0.15, 0.2) is 11.4 Å². The van der Waals surface area contributed by atoms with E-state index >= 15 is 0 Å². The van der Waals surface area contributed by atoms with E-state index in [0.29, 0.717) is 45.1 Å². The molecular weight excluding hydrogens is 484 g/mol. The van der Waals surface area contributed by atoms with Crippen molar-refractivity contribution in [1.29, 1.82) is 0 Å². The largest absolute Gasteiger partial charge is 0.466 e. The molecule has 212 valence electrons. The highest BCUT2D eigenvalue weighted by Gasteiger charge is 2.30. The van der Waals surface area contributed by atoms with E-state index in [1.807, 2.05) is 6.92 Å². The van der Waals surface area contributed by atoms with Gasteiger partial charge in [-0.05, 0) is 47.1 Å². The summed E-state index contributed by atoms with van der Waals surface area (Å²) in [6.45, 7) is 13.5. The van der Waals surface area contributed by atoms with Gasteiger partial charge in [0.2, 0.25) is 0 Å². The van der Waals surface area contributed by atoms with Gasteiger partial charge in [-0.15, -0.1) is 0 Å². The van der Waals surface area contributed by atoms with Gasteiger partial charge in [0.25, 0.3) is 0 Å². The van der Waals surface area contributed by atoms with Gasteiger partial charge in [-0.1, -0.05) is 0 Å². The normalized spacial score (nSPS) is 15.5. The summed E-state index contributed by atoms with van der Waals surface area (Å²) in [6, 6.07) is 0. The molecule has 12 nitrogen and oxygen atoms in total. The van der Waals surface area contributed by atoms with Crippen LogP contribution in [0.3, 0.4) is 0 Å². The van der Waals surface area contributed by atoms with Crippen molar-refractivity contribution < 1.29 is 38.1 Å². The molecule has 0 radical (unpaired) electrons. The number of carbonyl (C=O) groups is 4. The lowest BCUT2D eigenvalue weighted by molar-refractivity contribution is -0.147. The van der Waals surface area contributed by atoms with E-state index < -0.39 is 11.9 Å². The van der Waals surface area contributed by atoms with Crippen LogP contribution in [0.25, 0.3) is 0 Å². The molecule has 0 amide bonds. The van der Waals surface area contributed by atoms with Crippen molar-refractivity contribution in [3.63, 3.8) is 0 Å². The molecule has 2 aliphatic rings. The maximum absolute atomic E-state index is 12.2. The van der Waals surface area contributed by atoms with Crippen molar-refractivity contribution in [3.05, 3.63) is 11.4 Å². The molecule has 0 bridgehead atoms. The lowest BCUT2D eigenvalue weighted by Gasteiger charge is -2.33. The van der Waals surface area contributed by atoms with Gasteiger partial charge in [0, 0.05) is 39.4 Å². The summed E-state index contributed by atoms with van der Waals surface area (Å²) in [5.41, 5.74) is -0.165. The van der Waals surface area contributed by atoms with E-state index in [1.165, 1.54) is 6.42 Å². The van der Waals surface area contributed by atoms with Gasteiger partial charge in [-0.2, -0.15) is 0 Å². The average molecular weight is 529 g/mol. The second-order valence-corrected chi connectivity index (χ2v) is 8.17.